The van der Waals surface area contributed by atoms with Crippen molar-refractivity contribution in [2.75, 3.05) is 7.11 Å². The van der Waals surface area contributed by atoms with Gasteiger partial charge in [0, 0.05) is 24.5 Å². The summed E-state index contributed by atoms with van der Waals surface area (Å²) in [4.78, 5) is 32.1. The lowest BCUT2D eigenvalue weighted by atomic mass is 9.95. The molecule has 3 aromatic carbocycles. The third-order valence-corrected chi connectivity index (χ3v) is 6.51. The van der Waals surface area contributed by atoms with Crippen LogP contribution in [0.4, 0.5) is 0 Å². The Labute approximate surface area is 225 Å². The fourth-order valence-corrected chi connectivity index (χ4v) is 4.55. The summed E-state index contributed by atoms with van der Waals surface area (Å²) in [5.74, 6) is -1.19. The quantitative estimate of drug-likeness (QED) is 0.190. The van der Waals surface area contributed by atoms with Crippen molar-refractivity contribution in [3.63, 3.8) is 0 Å². The van der Waals surface area contributed by atoms with Gasteiger partial charge in [-0.15, -0.1) is 0 Å². The standard InChI is InChI=1S/C31H26N2O6/c1-38-26-16-23(11-14-25(26)34)28-27(30(36)31(37)33(28)18-21-8-5-15-32-17-21)29(35)22-9-12-24(13-10-22)39-19-20-6-3-2-4-7-20/h2-17,28,34-35H,18-19H2,1H3/b29-27+. The summed E-state index contributed by atoms with van der Waals surface area (Å²) in [6, 6.07) is 23.6. The van der Waals surface area contributed by atoms with E-state index in [1.54, 1.807) is 60.9 Å². The van der Waals surface area contributed by atoms with Crippen molar-refractivity contribution in [2.45, 2.75) is 19.2 Å². The molecule has 1 saturated heterocycles. The minimum Gasteiger partial charge on any atom is -0.507 e. The van der Waals surface area contributed by atoms with E-state index in [-0.39, 0.29) is 29.4 Å². The number of nitrogens with zero attached hydrogens (tertiary/aromatic N) is 2. The molecule has 1 fully saturated rings. The number of ketones is 1. The second-order valence-corrected chi connectivity index (χ2v) is 9.02. The zero-order valence-corrected chi connectivity index (χ0v) is 21.2. The number of aliphatic hydroxyl groups is 1. The molecule has 1 unspecified atom stereocenters. The van der Waals surface area contributed by atoms with Gasteiger partial charge in [-0.3, -0.25) is 14.6 Å². The normalized spacial score (nSPS) is 16.3. The molecule has 0 aliphatic carbocycles. The predicted molar refractivity (Wildman–Crippen MR) is 144 cm³/mol. The van der Waals surface area contributed by atoms with Crippen LogP contribution in [0.5, 0.6) is 17.2 Å². The fourth-order valence-electron chi connectivity index (χ4n) is 4.55. The van der Waals surface area contributed by atoms with Crippen LogP contribution in [0.1, 0.15) is 28.3 Å². The van der Waals surface area contributed by atoms with E-state index in [4.69, 9.17) is 9.47 Å². The van der Waals surface area contributed by atoms with E-state index in [9.17, 15) is 19.8 Å². The molecule has 1 amide bonds. The van der Waals surface area contributed by atoms with Crippen LogP contribution in [0.3, 0.4) is 0 Å². The van der Waals surface area contributed by atoms with Gasteiger partial charge in [-0.25, -0.2) is 0 Å². The molecule has 0 bridgehead atoms. The third-order valence-electron chi connectivity index (χ3n) is 6.51. The van der Waals surface area contributed by atoms with Gasteiger partial charge in [0.05, 0.1) is 18.7 Å². The average Bonchev–Trinajstić information content (AvgIpc) is 3.22. The van der Waals surface area contributed by atoms with Crippen molar-refractivity contribution in [1.29, 1.82) is 0 Å². The number of ether oxygens (including phenoxy) is 2. The molecular formula is C31H26N2O6. The molecule has 39 heavy (non-hydrogen) atoms. The molecule has 1 aliphatic heterocycles. The number of pyridine rings is 1. The van der Waals surface area contributed by atoms with Gasteiger partial charge in [0.1, 0.15) is 18.1 Å². The Hall–Kier alpha value is -5.11. The lowest BCUT2D eigenvalue weighted by Gasteiger charge is -2.25. The van der Waals surface area contributed by atoms with Gasteiger partial charge in [-0.2, -0.15) is 0 Å². The van der Waals surface area contributed by atoms with Crippen LogP contribution in [0.15, 0.2) is 103 Å². The number of phenolic OH excluding ortho intramolecular Hbond substituents is 1. The fraction of sp³-hybridized carbons (Fsp3) is 0.129. The highest BCUT2D eigenvalue weighted by molar-refractivity contribution is 6.46. The first-order valence-electron chi connectivity index (χ1n) is 12.3. The topological polar surface area (TPSA) is 109 Å². The summed E-state index contributed by atoms with van der Waals surface area (Å²) in [7, 11) is 1.41. The second-order valence-electron chi connectivity index (χ2n) is 9.02. The molecule has 8 heteroatoms. The van der Waals surface area contributed by atoms with Gasteiger partial charge >= 0.3 is 0 Å². The average molecular weight is 523 g/mol. The SMILES string of the molecule is COc1cc(C2/C(=C(\O)c3ccc(OCc4ccccc4)cc3)C(=O)C(=O)N2Cc2cccnc2)ccc1O. The smallest absolute Gasteiger partial charge is 0.295 e. The van der Waals surface area contributed by atoms with Crippen molar-refractivity contribution in [2.24, 2.45) is 0 Å². The predicted octanol–water partition coefficient (Wildman–Crippen LogP) is 5.00. The number of aromatic hydroxyl groups is 1. The van der Waals surface area contributed by atoms with Crippen molar-refractivity contribution >= 4 is 17.4 Å². The lowest BCUT2D eigenvalue weighted by molar-refractivity contribution is -0.140. The number of methoxy groups -OCH3 is 1. The Balaban J connectivity index is 1.51. The van der Waals surface area contributed by atoms with Gasteiger partial charge in [0.2, 0.25) is 0 Å². The highest BCUT2D eigenvalue weighted by Gasteiger charge is 2.46. The van der Waals surface area contributed by atoms with E-state index in [1.165, 1.54) is 18.1 Å². The molecule has 2 heterocycles. The molecular weight excluding hydrogens is 496 g/mol. The van der Waals surface area contributed by atoms with E-state index in [2.05, 4.69) is 4.98 Å². The molecule has 1 aromatic heterocycles. The van der Waals surface area contributed by atoms with Crippen molar-refractivity contribution < 1.29 is 29.3 Å². The van der Waals surface area contributed by atoms with Crippen LogP contribution in [-0.2, 0) is 22.7 Å². The zero-order valence-electron chi connectivity index (χ0n) is 21.2. The Morgan fingerprint density at radius 3 is 2.38 bits per heavy atom. The minimum atomic E-state index is -0.922. The number of carbonyl (C=O) groups is 2. The van der Waals surface area contributed by atoms with Gasteiger partial charge in [-0.05, 0) is 59.2 Å². The monoisotopic (exact) mass is 522 g/mol. The van der Waals surface area contributed by atoms with Crippen LogP contribution in [0, 0.1) is 0 Å². The summed E-state index contributed by atoms with van der Waals surface area (Å²) >= 11 is 0. The first kappa shape index (κ1) is 25.5. The number of likely N-dealkylation sites (tertiary alicyclic amines) is 1. The van der Waals surface area contributed by atoms with Gasteiger partial charge in [0.15, 0.2) is 11.5 Å². The molecule has 0 radical (unpaired) electrons. The van der Waals surface area contributed by atoms with E-state index >= 15 is 0 Å². The van der Waals surface area contributed by atoms with Crippen molar-refractivity contribution in [1.82, 2.24) is 9.88 Å². The molecule has 8 nitrogen and oxygen atoms in total. The molecule has 0 saturated carbocycles. The molecule has 0 spiro atoms. The van der Waals surface area contributed by atoms with Crippen LogP contribution in [0.25, 0.3) is 5.76 Å². The minimum absolute atomic E-state index is 0.0606. The summed E-state index contributed by atoms with van der Waals surface area (Å²) in [5.41, 5.74) is 2.53. The Morgan fingerprint density at radius 1 is 0.949 bits per heavy atom. The molecule has 1 aliphatic rings. The maximum atomic E-state index is 13.3. The van der Waals surface area contributed by atoms with Crippen molar-refractivity contribution in [3.8, 4) is 17.2 Å². The van der Waals surface area contributed by atoms with Crippen LogP contribution in [-0.4, -0.2) is 38.9 Å². The first-order valence-corrected chi connectivity index (χ1v) is 12.3. The molecule has 196 valence electrons. The highest BCUT2D eigenvalue weighted by Crippen LogP contribution is 2.42. The number of benzene rings is 3. The first-order chi connectivity index (χ1) is 19.0. The van der Waals surface area contributed by atoms with Crippen LogP contribution < -0.4 is 9.47 Å². The Morgan fingerprint density at radius 2 is 1.69 bits per heavy atom. The summed E-state index contributed by atoms with van der Waals surface area (Å²) in [5, 5.41) is 21.5. The number of Topliss-reactive ketones (excluding diaryl/α,β-unsaturated/α-hetero) is 1. The highest BCUT2D eigenvalue weighted by atomic mass is 16.5. The maximum Gasteiger partial charge on any atom is 0.295 e. The van der Waals surface area contributed by atoms with Gasteiger partial charge < -0.3 is 24.6 Å². The maximum absolute atomic E-state index is 13.3. The van der Waals surface area contributed by atoms with Crippen LogP contribution >= 0.6 is 0 Å². The van der Waals surface area contributed by atoms with E-state index in [0.29, 0.717) is 23.5 Å². The number of rotatable bonds is 8. The van der Waals surface area contributed by atoms with E-state index < -0.39 is 17.7 Å². The Kier molecular flexibility index (Phi) is 7.27. The van der Waals surface area contributed by atoms with Gasteiger partial charge in [-0.1, -0.05) is 42.5 Å². The second kappa shape index (κ2) is 11.1. The molecule has 4 aromatic rings. The number of hydrogen-bond donors (Lipinski definition) is 2. The number of carbonyl (C=O) groups excluding carboxylic acids is 2. The summed E-state index contributed by atoms with van der Waals surface area (Å²) in [6.45, 7) is 0.476. The summed E-state index contributed by atoms with van der Waals surface area (Å²) < 4.78 is 11.1. The van der Waals surface area contributed by atoms with Crippen molar-refractivity contribution in [3.05, 3.63) is 125 Å². The molecule has 5 rings (SSSR count). The molecule has 2 N–H and O–H groups in total. The number of aromatic nitrogens is 1. The number of phenols is 1. The number of amides is 1. The molecule has 1 atom stereocenters. The van der Waals surface area contributed by atoms with Gasteiger partial charge in [0.25, 0.3) is 11.7 Å². The Bertz CT molecular complexity index is 1520. The summed E-state index contributed by atoms with van der Waals surface area (Å²) in [6.07, 6.45) is 3.23. The lowest BCUT2D eigenvalue weighted by Crippen LogP contribution is -2.29. The zero-order chi connectivity index (χ0) is 27.4. The van der Waals surface area contributed by atoms with E-state index in [0.717, 1.165) is 11.1 Å². The van der Waals surface area contributed by atoms with E-state index in [1.807, 2.05) is 30.3 Å². The largest absolute Gasteiger partial charge is 0.507 e. The number of aliphatic hydroxyl groups excluding tert-OH is 1. The number of hydrogen-bond acceptors (Lipinski definition) is 7. The van der Waals surface area contributed by atoms with Crippen LogP contribution in [0.2, 0.25) is 0 Å². The third kappa shape index (κ3) is 5.31.